The lowest BCUT2D eigenvalue weighted by Gasteiger charge is -2.07. The molecule has 0 aliphatic rings. The molecular weight excluding hydrogens is 348 g/mol. The third kappa shape index (κ3) is 3.43. The average molecular weight is 363 g/mol. The quantitative estimate of drug-likeness (QED) is 0.555. The summed E-state index contributed by atoms with van der Waals surface area (Å²) in [6.07, 6.45) is 9.03. The van der Waals surface area contributed by atoms with Crippen LogP contribution in [0.3, 0.4) is 0 Å². The zero-order valence-corrected chi connectivity index (χ0v) is 14.5. The summed E-state index contributed by atoms with van der Waals surface area (Å²) in [5.41, 5.74) is 3.11. The third-order valence-electron chi connectivity index (χ3n) is 3.98. The maximum absolute atomic E-state index is 12.6. The SMILES string of the molecule is O=c1cc(/C=C/c2cccnc2)nc2ccn(Cc3ccc(Cl)cc3)n12. The van der Waals surface area contributed by atoms with E-state index in [4.69, 9.17) is 11.6 Å². The van der Waals surface area contributed by atoms with Crippen LogP contribution in [0.15, 0.2) is 71.9 Å². The third-order valence-corrected chi connectivity index (χ3v) is 4.23. The number of rotatable bonds is 4. The first-order chi connectivity index (χ1) is 12.7. The van der Waals surface area contributed by atoms with Crippen molar-refractivity contribution >= 4 is 29.4 Å². The number of hydrogen-bond donors (Lipinski definition) is 0. The minimum atomic E-state index is -0.125. The van der Waals surface area contributed by atoms with Gasteiger partial charge in [0.05, 0.1) is 12.2 Å². The van der Waals surface area contributed by atoms with Crippen molar-refractivity contribution in [3.8, 4) is 0 Å². The molecule has 128 valence electrons. The molecular formula is C20H15ClN4O. The lowest BCUT2D eigenvalue weighted by Crippen LogP contribution is -2.21. The van der Waals surface area contributed by atoms with Crippen molar-refractivity contribution in [1.29, 1.82) is 0 Å². The van der Waals surface area contributed by atoms with Crippen molar-refractivity contribution < 1.29 is 0 Å². The maximum atomic E-state index is 12.6. The first-order valence-electron chi connectivity index (χ1n) is 8.11. The molecule has 6 heteroatoms. The Morgan fingerprint density at radius 2 is 1.92 bits per heavy atom. The van der Waals surface area contributed by atoms with Gasteiger partial charge >= 0.3 is 0 Å². The van der Waals surface area contributed by atoms with E-state index in [0.29, 0.717) is 22.9 Å². The smallest absolute Gasteiger partial charge is 0.273 e. The van der Waals surface area contributed by atoms with Gasteiger partial charge in [0, 0.05) is 35.7 Å². The van der Waals surface area contributed by atoms with E-state index >= 15 is 0 Å². The number of benzene rings is 1. The first kappa shape index (κ1) is 16.3. The topological polar surface area (TPSA) is 52.2 Å². The molecule has 4 rings (SSSR count). The van der Waals surface area contributed by atoms with Crippen molar-refractivity contribution in [2.45, 2.75) is 6.54 Å². The van der Waals surface area contributed by atoms with Crippen LogP contribution in [0.2, 0.25) is 5.02 Å². The van der Waals surface area contributed by atoms with Crippen molar-refractivity contribution in [2.75, 3.05) is 0 Å². The summed E-state index contributed by atoms with van der Waals surface area (Å²) in [5, 5.41) is 0.690. The number of hydrogen-bond acceptors (Lipinski definition) is 3. The minimum Gasteiger partial charge on any atom is -0.279 e. The molecule has 0 spiro atoms. The first-order valence-corrected chi connectivity index (χ1v) is 8.49. The highest BCUT2D eigenvalue weighted by molar-refractivity contribution is 6.30. The Hall–Kier alpha value is -3.18. The second-order valence-electron chi connectivity index (χ2n) is 5.85. The number of pyridine rings is 1. The molecule has 4 aromatic rings. The molecule has 3 aromatic heterocycles. The van der Waals surface area contributed by atoms with Gasteiger partial charge in [0.25, 0.3) is 5.56 Å². The molecule has 0 saturated heterocycles. The van der Waals surface area contributed by atoms with Gasteiger partial charge < -0.3 is 0 Å². The summed E-state index contributed by atoms with van der Waals surface area (Å²) in [7, 11) is 0. The van der Waals surface area contributed by atoms with E-state index in [1.54, 1.807) is 16.9 Å². The van der Waals surface area contributed by atoms with Crippen LogP contribution in [0, 0.1) is 0 Å². The van der Waals surface area contributed by atoms with E-state index in [2.05, 4.69) is 9.97 Å². The Kier molecular flexibility index (Phi) is 4.37. The molecule has 0 aliphatic carbocycles. The van der Waals surface area contributed by atoms with E-state index in [-0.39, 0.29) is 5.56 Å². The summed E-state index contributed by atoms with van der Waals surface area (Å²) < 4.78 is 3.40. The van der Waals surface area contributed by atoms with Gasteiger partial charge in [-0.25, -0.2) is 4.98 Å². The van der Waals surface area contributed by atoms with Crippen molar-refractivity contribution in [2.24, 2.45) is 0 Å². The molecule has 0 N–H and O–H groups in total. The van der Waals surface area contributed by atoms with Crippen LogP contribution in [0.5, 0.6) is 0 Å². The van der Waals surface area contributed by atoms with Crippen molar-refractivity contribution in [3.63, 3.8) is 0 Å². The highest BCUT2D eigenvalue weighted by Gasteiger charge is 2.06. The van der Waals surface area contributed by atoms with Crippen molar-refractivity contribution in [3.05, 3.63) is 99.3 Å². The van der Waals surface area contributed by atoms with E-state index in [0.717, 1.165) is 11.1 Å². The Morgan fingerprint density at radius 3 is 2.69 bits per heavy atom. The molecule has 26 heavy (non-hydrogen) atoms. The molecule has 0 radical (unpaired) electrons. The molecule has 1 aromatic carbocycles. The molecule has 0 aliphatic heterocycles. The molecule has 0 saturated carbocycles. The van der Waals surface area contributed by atoms with Gasteiger partial charge in [-0.1, -0.05) is 35.9 Å². The van der Waals surface area contributed by atoms with Crippen LogP contribution in [-0.2, 0) is 6.54 Å². The largest absolute Gasteiger partial charge is 0.279 e. The Bertz CT molecular complexity index is 1130. The van der Waals surface area contributed by atoms with Gasteiger partial charge in [0.2, 0.25) is 0 Å². The molecule has 0 atom stereocenters. The van der Waals surface area contributed by atoms with Gasteiger partial charge in [-0.2, -0.15) is 4.52 Å². The molecule has 3 heterocycles. The summed E-state index contributed by atoms with van der Waals surface area (Å²) in [4.78, 5) is 21.2. The van der Waals surface area contributed by atoms with Crippen molar-refractivity contribution in [1.82, 2.24) is 19.2 Å². The normalized spacial score (nSPS) is 11.4. The zero-order valence-electron chi connectivity index (χ0n) is 13.8. The molecule has 0 fully saturated rings. The van der Waals surface area contributed by atoms with E-state index < -0.39 is 0 Å². The second-order valence-corrected chi connectivity index (χ2v) is 6.29. The lowest BCUT2D eigenvalue weighted by molar-refractivity contribution is 0.620. The van der Waals surface area contributed by atoms with Gasteiger partial charge in [0.15, 0.2) is 5.65 Å². The number of aromatic nitrogens is 4. The van der Waals surface area contributed by atoms with Gasteiger partial charge in [0.1, 0.15) is 0 Å². The van der Waals surface area contributed by atoms with Crippen LogP contribution >= 0.6 is 11.6 Å². The zero-order chi connectivity index (χ0) is 17.9. The van der Waals surface area contributed by atoms with Gasteiger partial charge in [-0.15, -0.1) is 0 Å². The van der Waals surface area contributed by atoms with E-state index in [1.165, 1.54) is 6.07 Å². The highest BCUT2D eigenvalue weighted by Crippen LogP contribution is 2.12. The second kappa shape index (κ2) is 6.98. The van der Waals surface area contributed by atoms with Crippen LogP contribution in [0.1, 0.15) is 16.8 Å². The van der Waals surface area contributed by atoms with Crippen LogP contribution in [-0.4, -0.2) is 19.2 Å². The lowest BCUT2D eigenvalue weighted by atomic mass is 10.2. The Labute approximate surface area is 154 Å². The fraction of sp³-hybridized carbons (Fsp3) is 0.0500. The number of nitrogens with zero attached hydrogens (tertiary/aromatic N) is 4. The van der Waals surface area contributed by atoms with Gasteiger partial charge in [-0.3, -0.25) is 14.5 Å². The minimum absolute atomic E-state index is 0.125. The molecule has 0 unspecified atom stereocenters. The summed E-state index contributed by atoms with van der Waals surface area (Å²) in [6, 6.07) is 14.7. The fourth-order valence-corrected chi connectivity index (χ4v) is 2.87. The Morgan fingerprint density at radius 1 is 1.08 bits per heavy atom. The number of halogens is 1. The van der Waals surface area contributed by atoms with Gasteiger partial charge in [-0.05, 0) is 35.4 Å². The van der Waals surface area contributed by atoms with E-state index in [1.807, 2.05) is 65.5 Å². The molecule has 0 amide bonds. The summed E-state index contributed by atoms with van der Waals surface area (Å²) in [5.74, 6) is 0. The molecule has 5 nitrogen and oxygen atoms in total. The maximum Gasteiger partial charge on any atom is 0.273 e. The van der Waals surface area contributed by atoms with Crippen LogP contribution < -0.4 is 5.56 Å². The van der Waals surface area contributed by atoms with E-state index in [9.17, 15) is 4.79 Å². The standard InChI is InChI=1S/C20H15ClN4O/c21-17-6-3-16(4-7-17)14-24-11-9-19-23-18(12-20(26)25(19)24)8-5-15-2-1-10-22-13-15/h1-13H,14H2/b8-5+. The monoisotopic (exact) mass is 362 g/mol. The fourth-order valence-electron chi connectivity index (χ4n) is 2.74. The van der Waals surface area contributed by atoms with Crippen LogP contribution in [0.25, 0.3) is 17.8 Å². The predicted octanol–water partition coefficient (Wildman–Crippen LogP) is 3.76. The number of fused-ring (bicyclic) bond motifs is 1. The highest BCUT2D eigenvalue weighted by atomic mass is 35.5. The molecule has 0 bridgehead atoms. The van der Waals surface area contributed by atoms with Crippen LogP contribution in [0.4, 0.5) is 0 Å². The average Bonchev–Trinajstić information content (AvgIpc) is 3.06. The predicted molar refractivity (Wildman–Crippen MR) is 103 cm³/mol. The summed E-state index contributed by atoms with van der Waals surface area (Å²) in [6.45, 7) is 0.563. The summed E-state index contributed by atoms with van der Waals surface area (Å²) >= 11 is 5.92. The Balaban J connectivity index is 1.66.